The van der Waals surface area contributed by atoms with E-state index >= 15 is 0 Å². The third-order valence-corrected chi connectivity index (χ3v) is 5.71. The molecule has 0 spiro atoms. The second-order valence-electron chi connectivity index (χ2n) is 7.70. The molecule has 6 nitrogen and oxygen atoms in total. The molecule has 1 aromatic carbocycles. The number of benzene rings is 1. The highest BCUT2D eigenvalue weighted by Gasteiger charge is 2.28. The number of aromatic nitrogens is 2. The van der Waals surface area contributed by atoms with Gasteiger partial charge in [0, 0.05) is 38.5 Å². The fourth-order valence-electron chi connectivity index (χ4n) is 4.13. The molecular weight excluding hydrogens is 340 g/mol. The molecule has 6 heteroatoms. The molecule has 0 bridgehead atoms. The van der Waals surface area contributed by atoms with Gasteiger partial charge in [-0.25, -0.2) is 0 Å². The number of carbonyl (C=O) groups is 1. The molecule has 4 rings (SSSR count). The average Bonchev–Trinajstić information content (AvgIpc) is 3.16. The van der Waals surface area contributed by atoms with Gasteiger partial charge in [0.2, 0.25) is 11.8 Å². The molecule has 1 aliphatic carbocycles. The monoisotopic (exact) mass is 368 g/mol. The van der Waals surface area contributed by atoms with E-state index in [1.54, 1.807) is 0 Å². The Labute approximate surface area is 160 Å². The Morgan fingerprint density at radius 3 is 2.52 bits per heavy atom. The molecule has 0 unspecified atom stereocenters. The molecule has 1 aliphatic heterocycles. The van der Waals surface area contributed by atoms with Crippen molar-refractivity contribution in [3.8, 4) is 0 Å². The third-order valence-electron chi connectivity index (χ3n) is 5.71. The van der Waals surface area contributed by atoms with Crippen molar-refractivity contribution >= 4 is 5.91 Å². The summed E-state index contributed by atoms with van der Waals surface area (Å²) in [6, 6.07) is 10.2. The van der Waals surface area contributed by atoms with Gasteiger partial charge in [0.05, 0.1) is 6.54 Å². The molecule has 0 atom stereocenters. The summed E-state index contributed by atoms with van der Waals surface area (Å²) in [6.45, 7) is 4.01. The predicted octanol–water partition coefficient (Wildman–Crippen LogP) is 2.88. The first-order chi connectivity index (χ1) is 13.3. The molecule has 1 aromatic heterocycles. The van der Waals surface area contributed by atoms with E-state index in [4.69, 9.17) is 4.52 Å². The van der Waals surface area contributed by atoms with Crippen LogP contribution >= 0.6 is 0 Å². The van der Waals surface area contributed by atoms with Gasteiger partial charge in [0.25, 0.3) is 0 Å². The van der Waals surface area contributed by atoms with Crippen molar-refractivity contribution in [3.63, 3.8) is 0 Å². The highest BCUT2D eigenvalue weighted by atomic mass is 16.5. The number of rotatable bonds is 5. The maximum absolute atomic E-state index is 12.7. The number of carbonyl (C=O) groups excluding carboxylic acids is 1. The lowest BCUT2D eigenvalue weighted by Crippen LogP contribution is -2.50. The Balaban J connectivity index is 1.25. The largest absolute Gasteiger partial charge is 0.340 e. The van der Waals surface area contributed by atoms with E-state index in [1.165, 1.54) is 24.8 Å². The van der Waals surface area contributed by atoms with Gasteiger partial charge in [-0.15, -0.1) is 0 Å². The van der Waals surface area contributed by atoms with Crippen molar-refractivity contribution < 1.29 is 9.32 Å². The van der Waals surface area contributed by atoms with Gasteiger partial charge in [-0.2, -0.15) is 4.98 Å². The second kappa shape index (κ2) is 8.65. The summed E-state index contributed by atoms with van der Waals surface area (Å²) in [6.07, 6.45) is 6.54. The summed E-state index contributed by atoms with van der Waals surface area (Å²) < 4.78 is 5.43. The molecule has 1 saturated heterocycles. The van der Waals surface area contributed by atoms with Crippen molar-refractivity contribution in [2.75, 3.05) is 26.2 Å². The van der Waals surface area contributed by atoms with E-state index < -0.39 is 0 Å². The summed E-state index contributed by atoms with van der Waals surface area (Å²) in [5.74, 6) is 2.02. The van der Waals surface area contributed by atoms with E-state index in [9.17, 15) is 4.79 Å². The zero-order chi connectivity index (χ0) is 18.5. The lowest BCUT2D eigenvalue weighted by atomic mass is 9.88. The van der Waals surface area contributed by atoms with Crippen molar-refractivity contribution in [1.29, 1.82) is 0 Å². The maximum Gasteiger partial charge on any atom is 0.240 e. The minimum absolute atomic E-state index is 0.266. The fraction of sp³-hybridized carbons (Fsp3) is 0.571. The van der Waals surface area contributed by atoms with Crippen molar-refractivity contribution in [3.05, 3.63) is 47.6 Å². The molecule has 0 N–H and O–H groups in total. The fourth-order valence-corrected chi connectivity index (χ4v) is 4.13. The van der Waals surface area contributed by atoms with Crippen LogP contribution in [0.4, 0.5) is 0 Å². The molecule has 27 heavy (non-hydrogen) atoms. The van der Waals surface area contributed by atoms with Crippen LogP contribution in [0.5, 0.6) is 0 Å². The van der Waals surface area contributed by atoms with Gasteiger partial charge in [-0.3, -0.25) is 9.69 Å². The minimum Gasteiger partial charge on any atom is -0.340 e. The topological polar surface area (TPSA) is 62.5 Å². The van der Waals surface area contributed by atoms with Gasteiger partial charge < -0.3 is 9.42 Å². The van der Waals surface area contributed by atoms with E-state index in [2.05, 4.69) is 32.1 Å². The SMILES string of the molecule is O=C(C1CCCCC1)N1CCN(Cc2nc(Cc3ccccc3)no2)CC1. The summed E-state index contributed by atoms with van der Waals surface area (Å²) in [5, 5.41) is 4.10. The normalized spacial score (nSPS) is 19.3. The quantitative estimate of drug-likeness (QED) is 0.812. The summed E-state index contributed by atoms with van der Waals surface area (Å²) in [7, 11) is 0. The summed E-state index contributed by atoms with van der Waals surface area (Å²) in [4.78, 5) is 21.5. The van der Waals surface area contributed by atoms with Crippen molar-refractivity contribution in [1.82, 2.24) is 19.9 Å². The Morgan fingerprint density at radius 1 is 1.04 bits per heavy atom. The van der Waals surface area contributed by atoms with Crippen LogP contribution in [0.2, 0.25) is 0 Å². The smallest absolute Gasteiger partial charge is 0.240 e. The third kappa shape index (κ3) is 4.75. The lowest BCUT2D eigenvalue weighted by molar-refractivity contribution is -0.138. The summed E-state index contributed by atoms with van der Waals surface area (Å²) in [5.41, 5.74) is 1.18. The Morgan fingerprint density at radius 2 is 1.78 bits per heavy atom. The molecule has 2 aromatic rings. The van der Waals surface area contributed by atoms with Gasteiger partial charge in [0.15, 0.2) is 5.82 Å². The number of hydrogen-bond acceptors (Lipinski definition) is 5. The predicted molar refractivity (Wildman–Crippen MR) is 102 cm³/mol. The van der Waals surface area contributed by atoms with Gasteiger partial charge in [-0.05, 0) is 18.4 Å². The highest BCUT2D eigenvalue weighted by molar-refractivity contribution is 5.79. The van der Waals surface area contributed by atoms with Crippen molar-refractivity contribution in [2.24, 2.45) is 5.92 Å². The number of piperazine rings is 1. The van der Waals surface area contributed by atoms with Crippen LogP contribution in [0.15, 0.2) is 34.9 Å². The van der Waals surface area contributed by atoms with Crippen LogP contribution in [-0.4, -0.2) is 52.0 Å². The van der Waals surface area contributed by atoms with E-state index in [-0.39, 0.29) is 5.92 Å². The average molecular weight is 368 g/mol. The van der Waals surface area contributed by atoms with Crippen LogP contribution < -0.4 is 0 Å². The van der Waals surface area contributed by atoms with E-state index in [0.29, 0.717) is 24.8 Å². The number of nitrogens with zero attached hydrogens (tertiary/aromatic N) is 4. The van der Waals surface area contributed by atoms with Crippen LogP contribution in [0.1, 0.15) is 49.4 Å². The first kappa shape index (κ1) is 18.2. The minimum atomic E-state index is 0.266. The van der Waals surface area contributed by atoms with Crippen LogP contribution in [0.25, 0.3) is 0 Å². The van der Waals surface area contributed by atoms with Crippen LogP contribution in [-0.2, 0) is 17.8 Å². The second-order valence-corrected chi connectivity index (χ2v) is 7.70. The highest BCUT2D eigenvalue weighted by Crippen LogP contribution is 2.26. The zero-order valence-electron chi connectivity index (χ0n) is 15.8. The number of hydrogen-bond donors (Lipinski definition) is 0. The molecular formula is C21H28N4O2. The lowest BCUT2D eigenvalue weighted by Gasteiger charge is -2.36. The molecule has 1 saturated carbocycles. The molecule has 144 valence electrons. The number of amides is 1. The molecule has 2 heterocycles. The van der Waals surface area contributed by atoms with Crippen LogP contribution in [0.3, 0.4) is 0 Å². The van der Waals surface area contributed by atoms with Crippen LogP contribution in [0, 0.1) is 5.92 Å². The van der Waals surface area contributed by atoms with Gasteiger partial charge in [-0.1, -0.05) is 54.8 Å². The van der Waals surface area contributed by atoms with E-state index in [0.717, 1.165) is 44.8 Å². The van der Waals surface area contributed by atoms with Gasteiger partial charge in [0.1, 0.15) is 0 Å². The standard InChI is InChI=1S/C21H28N4O2/c26-21(18-9-5-2-6-10-18)25-13-11-24(12-14-25)16-20-22-19(23-27-20)15-17-7-3-1-4-8-17/h1,3-4,7-8,18H,2,5-6,9-16H2. The molecule has 2 aliphatic rings. The first-order valence-corrected chi connectivity index (χ1v) is 10.1. The van der Waals surface area contributed by atoms with Crippen molar-refractivity contribution in [2.45, 2.75) is 45.1 Å². The Hall–Kier alpha value is -2.21. The zero-order valence-corrected chi connectivity index (χ0v) is 15.8. The van der Waals surface area contributed by atoms with Gasteiger partial charge >= 0.3 is 0 Å². The van der Waals surface area contributed by atoms with E-state index in [1.807, 2.05) is 18.2 Å². The molecule has 0 radical (unpaired) electrons. The first-order valence-electron chi connectivity index (χ1n) is 10.1. The maximum atomic E-state index is 12.7. The molecule has 2 fully saturated rings. The molecule has 1 amide bonds. The Kier molecular flexibility index (Phi) is 5.82. The summed E-state index contributed by atoms with van der Waals surface area (Å²) >= 11 is 0. The Bertz CT molecular complexity index is 732.